The molecule has 0 bridgehead atoms. The lowest BCUT2D eigenvalue weighted by atomic mass is 9.97. The van der Waals surface area contributed by atoms with Crippen LogP contribution in [-0.4, -0.2) is 90.1 Å². The number of carbonyl (C=O) groups is 4. The number of nitrogens with zero attached hydrogens (tertiary/aromatic N) is 3. The molecule has 4 rings (SSSR count). The van der Waals surface area contributed by atoms with Gasteiger partial charge in [0.05, 0.1) is 25.1 Å². The van der Waals surface area contributed by atoms with Crippen LogP contribution in [-0.2, 0) is 16.0 Å². The molecule has 2 aromatic rings. The molecule has 0 spiro atoms. The summed E-state index contributed by atoms with van der Waals surface area (Å²) in [5.41, 5.74) is 2.90. The van der Waals surface area contributed by atoms with Crippen LogP contribution in [0, 0.1) is 12.8 Å². The van der Waals surface area contributed by atoms with Gasteiger partial charge in [-0.15, -0.1) is 0 Å². The standard InChI is InChI=1S/C29H37N5O6/c1-20-6-3-4-7-23(20)30-28(38)31-24-9-8-21(18-25(24)40-2)19-26(35)32-12-5-13-33(17-16-32)29(39)34-14-10-22(11-15-34)27(36)37/h3-4,6-9,18,22H,5,10-17,19H2,1-2H3,(H,36,37)(H2,30,31,38). The molecule has 11 nitrogen and oxygen atoms in total. The Kier molecular flexibility index (Phi) is 9.47. The van der Waals surface area contributed by atoms with Crippen molar-refractivity contribution in [2.45, 2.75) is 32.6 Å². The maximum Gasteiger partial charge on any atom is 0.323 e. The normalized spacial score (nSPS) is 16.2. The first-order chi connectivity index (χ1) is 19.2. The Morgan fingerprint density at radius 2 is 1.52 bits per heavy atom. The molecule has 0 unspecified atom stereocenters. The SMILES string of the molecule is COc1cc(CC(=O)N2CCCN(C(=O)N3CCC(C(=O)O)CC3)CC2)ccc1NC(=O)Nc1ccccc1C. The smallest absolute Gasteiger partial charge is 0.323 e. The van der Waals surface area contributed by atoms with Gasteiger partial charge in [-0.2, -0.15) is 0 Å². The van der Waals surface area contributed by atoms with Crippen molar-refractivity contribution in [1.29, 1.82) is 0 Å². The van der Waals surface area contributed by atoms with E-state index in [1.807, 2.05) is 31.2 Å². The topological polar surface area (TPSA) is 132 Å². The van der Waals surface area contributed by atoms with Gasteiger partial charge in [0.1, 0.15) is 5.75 Å². The molecule has 2 aliphatic heterocycles. The monoisotopic (exact) mass is 551 g/mol. The van der Waals surface area contributed by atoms with Crippen molar-refractivity contribution in [2.24, 2.45) is 5.92 Å². The van der Waals surface area contributed by atoms with Crippen molar-refractivity contribution >= 4 is 35.3 Å². The molecule has 2 saturated heterocycles. The third-order valence-corrected chi connectivity index (χ3v) is 7.50. The number of aryl methyl sites for hydroxylation is 1. The van der Waals surface area contributed by atoms with Gasteiger partial charge in [-0.25, -0.2) is 9.59 Å². The van der Waals surface area contributed by atoms with Gasteiger partial charge in [-0.1, -0.05) is 24.3 Å². The van der Waals surface area contributed by atoms with E-state index in [4.69, 9.17) is 4.74 Å². The Balaban J connectivity index is 1.30. The molecule has 0 aromatic heterocycles. The number of carbonyl (C=O) groups excluding carboxylic acids is 3. The number of methoxy groups -OCH3 is 1. The van der Waals surface area contributed by atoms with Crippen molar-refractivity contribution in [3.05, 3.63) is 53.6 Å². The molecular formula is C29H37N5O6. The van der Waals surface area contributed by atoms with E-state index in [9.17, 15) is 24.3 Å². The highest BCUT2D eigenvalue weighted by atomic mass is 16.5. The molecule has 2 heterocycles. The number of likely N-dealkylation sites (tertiary alicyclic amines) is 1. The van der Waals surface area contributed by atoms with Gasteiger partial charge < -0.3 is 35.2 Å². The van der Waals surface area contributed by atoms with Crippen LogP contribution in [0.15, 0.2) is 42.5 Å². The lowest BCUT2D eigenvalue weighted by Crippen LogP contribution is -2.48. The highest BCUT2D eigenvalue weighted by Gasteiger charge is 2.30. The fourth-order valence-corrected chi connectivity index (χ4v) is 5.10. The van der Waals surface area contributed by atoms with Crippen LogP contribution >= 0.6 is 0 Å². The molecular weight excluding hydrogens is 514 g/mol. The van der Waals surface area contributed by atoms with Crippen molar-refractivity contribution in [3.63, 3.8) is 0 Å². The van der Waals surface area contributed by atoms with Gasteiger partial charge in [0.15, 0.2) is 0 Å². The van der Waals surface area contributed by atoms with E-state index < -0.39 is 12.0 Å². The second-order valence-electron chi connectivity index (χ2n) is 10.2. The van der Waals surface area contributed by atoms with E-state index in [0.29, 0.717) is 75.7 Å². The van der Waals surface area contributed by atoms with Gasteiger partial charge in [-0.3, -0.25) is 9.59 Å². The summed E-state index contributed by atoms with van der Waals surface area (Å²) in [5.74, 6) is -0.787. The third kappa shape index (κ3) is 7.22. The lowest BCUT2D eigenvalue weighted by molar-refractivity contribution is -0.143. The first kappa shape index (κ1) is 28.7. The largest absolute Gasteiger partial charge is 0.495 e. The Hall–Kier alpha value is -4.28. The number of nitrogens with one attached hydrogen (secondary N) is 2. The Labute approximate surface area is 234 Å². The van der Waals surface area contributed by atoms with E-state index in [1.165, 1.54) is 7.11 Å². The predicted molar refractivity (Wildman–Crippen MR) is 151 cm³/mol. The minimum absolute atomic E-state index is 0.0448. The molecule has 2 fully saturated rings. The first-order valence-electron chi connectivity index (χ1n) is 13.6. The zero-order valence-electron chi connectivity index (χ0n) is 23.0. The Morgan fingerprint density at radius 3 is 2.23 bits per heavy atom. The summed E-state index contributed by atoms with van der Waals surface area (Å²) in [6.45, 7) is 4.77. The average molecular weight is 552 g/mol. The van der Waals surface area contributed by atoms with Crippen molar-refractivity contribution in [2.75, 3.05) is 57.0 Å². The van der Waals surface area contributed by atoms with Crippen LogP contribution in [0.4, 0.5) is 21.0 Å². The summed E-state index contributed by atoms with van der Waals surface area (Å²) in [6, 6.07) is 12.3. The molecule has 11 heteroatoms. The van der Waals surface area contributed by atoms with Gasteiger partial charge in [0.25, 0.3) is 0 Å². The number of ether oxygens (including phenoxy) is 1. The molecule has 2 aliphatic rings. The number of carboxylic acids is 1. The number of urea groups is 2. The zero-order valence-corrected chi connectivity index (χ0v) is 23.0. The number of para-hydroxylation sites is 1. The molecule has 2 aromatic carbocycles. The second-order valence-corrected chi connectivity index (χ2v) is 10.2. The van der Waals surface area contributed by atoms with Gasteiger partial charge in [-0.05, 0) is 55.5 Å². The number of anilines is 2. The highest BCUT2D eigenvalue weighted by Crippen LogP contribution is 2.27. The molecule has 0 aliphatic carbocycles. The van der Waals surface area contributed by atoms with Crippen LogP contribution in [0.25, 0.3) is 0 Å². The average Bonchev–Trinajstić information content (AvgIpc) is 3.21. The quantitative estimate of drug-likeness (QED) is 0.502. The number of piperidine rings is 1. The number of rotatable bonds is 6. The molecule has 3 N–H and O–H groups in total. The fraction of sp³-hybridized carbons (Fsp3) is 0.448. The molecule has 0 atom stereocenters. The molecule has 0 radical (unpaired) electrons. The maximum atomic E-state index is 13.1. The number of carboxylic acid groups (broad SMARTS) is 1. The molecule has 40 heavy (non-hydrogen) atoms. The lowest BCUT2D eigenvalue weighted by Gasteiger charge is -2.34. The van der Waals surface area contributed by atoms with E-state index in [1.54, 1.807) is 32.9 Å². The van der Waals surface area contributed by atoms with Crippen LogP contribution in [0.1, 0.15) is 30.4 Å². The first-order valence-corrected chi connectivity index (χ1v) is 13.6. The van der Waals surface area contributed by atoms with Crippen LogP contribution in [0.2, 0.25) is 0 Å². The minimum Gasteiger partial charge on any atom is -0.495 e. The van der Waals surface area contributed by atoms with Crippen molar-refractivity contribution < 1.29 is 29.0 Å². The van der Waals surface area contributed by atoms with Crippen LogP contribution in [0.3, 0.4) is 0 Å². The van der Waals surface area contributed by atoms with E-state index in [0.717, 1.165) is 11.1 Å². The third-order valence-electron chi connectivity index (χ3n) is 7.50. The summed E-state index contributed by atoms with van der Waals surface area (Å²) in [7, 11) is 1.51. The van der Waals surface area contributed by atoms with E-state index in [-0.39, 0.29) is 24.3 Å². The van der Waals surface area contributed by atoms with Gasteiger partial charge in [0.2, 0.25) is 5.91 Å². The summed E-state index contributed by atoms with van der Waals surface area (Å²) >= 11 is 0. The van der Waals surface area contributed by atoms with Crippen molar-refractivity contribution in [3.8, 4) is 5.75 Å². The summed E-state index contributed by atoms with van der Waals surface area (Å²) in [5, 5.41) is 14.8. The van der Waals surface area contributed by atoms with Gasteiger partial charge in [0, 0.05) is 45.0 Å². The highest BCUT2D eigenvalue weighted by molar-refractivity contribution is 6.01. The number of hydrogen-bond acceptors (Lipinski definition) is 5. The number of benzene rings is 2. The van der Waals surface area contributed by atoms with E-state index >= 15 is 0 Å². The minimum atomic E-state index is -0.803. The Bertz CT molecular complexity index is 1240. The summed E-state index contributed by atoms with van der Waals surface area (Å²) in [4.78, 5) is 55.1. The second kappa shape index (κ2) is 13.2. The Morgan fingerprint density at radius 1 is 0.875 bits per heavy atom. The molecule has 5 amide bonds. The van der Waals surface area contributed by atoms with E-state index in [2.05, 4.69) is 10.6 Å². The van der Waals surface area contributed by atoms with Crippen LogP contribution < -0.4 is 15.4 Å². The predicted octanol–water partition coefficient (Wildman–Crippen LogP) is 3.64. The zero-order chi connectivity index (χ0) is 28.6. The molecule has 214 valence electrons. The van der Waals surface area contributed by atoms with Crippen LogP contribution in [0.5, 0.6) is 5.75 Å². The molecule has 0 saturated carbocycles. The fourth-order valence-electron chi connectivity index (χ4n) is 5.10. The summed E-state index contributed by atoms with van der Waals surface area (Å²) < 4.78 is 5.48. The van der Waals surface area contributed by atoms with Gasteiger partial charge >= 0.3 is 18.0 Å². The number of aliphatic carboxylic acids is 1. The van der Waals surface area contributed by atoms with Crippen molar-refractivity contribution in [1.82, 2.24) is 14.7 Å². The number of hydrogen-bond donors (Lipinski definition) is 3. The summed E-state index contributed by atoms with van der Waals surface area (Å²) in [6.07, 6.45) is 1.78. The maximum absolute atomic E-state index is 13.1. The number of amides is 5.